The fraction of sp³-hybridized carbons (Fsp3) is 0.238. The van der Waals surface area contributed by atoms with Crippen LogP contribution in [0.15, 0.2) is 48.5 Å². The Labute approximate surface area is 176 Å². The zero-order valence-electron chi connectivity index (χ0n) is 16.2. The number of halogens is 1. The number of anilines is 2. The number of hydrogen-bond acceptors (Lipinski definition) is 6. The highest BCUT2D eigenvalue weighted by atomic mass is 32.1. The van der Waals surface area contributed by atoms with Crippen LogP contribution in [-0.4, -0.2) is 35.7 Å². The molecule has 1 aliphatic rings. The Bertz CT molecular complexity index is 1070. The Morgan fingerprint density at radius 2 is 2.00 bits per heavy atom. The number of carbonyl (C=O) groups excluding carboxylic acids is 2. The van der Waals surface area contributed by atoms with Crippen LogP contribution in [0.25, 0.3) is 0 Å². The summed E-state index contributed by atoms with van der Waals surface area (Å²) < 4.78 is 19.1. The largest absolute Gasteiger partial charge is 0.497 e. The molecule has 0 saturated carbocycles. The van der Waals surface area contributed by atoms with E-state index < -0.39 is 11.7 Å². The summed E-state index contributed by atoms with van der Waals surface area (Å²) in [5.74, 6) is -0.892. The number of nitrogens with zero attached hydrogens (tertiary/aromatic N) is 3. The highest BCUT2D eigenvalue weighted by Gasteiger charge is 2.36. The number of rotatable bonds is 6. The number of carbonyl (C=O) groups is 2. The lowest BCUT2D eigenvalue weighted by molar-refractivity contribution is -0.122. The van der Waals surface area contributed by atoms with Gasteiger partial charge >= 0.3 is 0 Å². The molecule has 0 radical (unpaired) electrons. The van der Waals surface area contributed by atoms with Crippen LogP contribution >= 0.6 is 11.3 Å². The summed E-state index contributed by atoms with van der Waals surface area (Å²) in [5.41, 5.74) is 1.24. The highest BCUT2D eigenvalue weighted by molar-refractivity contribution is 7.15. The van der Waals surface area contributed by atoms with E-state index in [0.717, 1.165) is 16.3 Å². The van der Waals surface area contributed by atoms with Gasteiger partial charge in [0.2, 0.25) is 16.9 Å². The van der Waals surface area contributed by atoms with Crippen LogP contribution in [0.3, 0.4) is 0 Å². The lowest BCUT2D eigenvalue weighted by Gasteiger charge is -2.17. The first-order chi connectivity index (χ1) is 14.5. The van der Waals surface area contributed by atoms with Crippen LogP contribution in [-0.2, 0) is 16.0 Å². The predicted octanol–water partition coefficient (Wildman–Crippen LogP) is 3.27. The number of para-hydroxylation sites is 1. The normalized spacial score (nSPS) is 16.0. The third-order valence-corrected chi connectivity index (χ3v) is 5.69. The second kappa shape index (κ2) is 8.58. The fourth-order valence-electron chi connectivity index (χ4n) is 3.29. The molecule has 1 unspecified atom stereocenters. The van der Waals surface area contributed by atoms with Gasteiger partial charge in [-0.25, -0.2) is 4.39 Å². The minimum Gasteiger partial charge on any atom is -0.497 e. The topological polar surface area (TPSA) is 84.4 Å². The molecular weight excluding hydrogens is 407 g/mol. The molecule has 30 heavy (non-hydrogen) atoms. The van der Waals surface area contributed by atoms with Crippen molar-refractivity contribution in [3.8, 4) is 5.75 Å². The van der Waals surface area contributed by atoms with E-state index in [1.807, 2.05) is 24.3 Å². The highest BCUT2D eigenvalue weighted by Crippen LogP contribution is 2.28. The van der Waals surface area contributed by atoms with E-state index in [4.69, 9.17) is 4.74 Å². The van der Waals surface area contributed by atoms with Gasteiger partial charge in [0, 0.05) is 19.4 Å². The molecule has 2 amide bonds. The average Bonchev–Trinajstić information content (AvgIpc) is 3.35. The first-order valence-electron chi connectivity index (χ1n) is 9.34. The van der Waals surface area contributed by atoms with Gasteiger partial charge < -0.3 is 15.0 Å². The molecule has 2 heterocycles. The first kappa shape index (κ1) is 20.0. The standard InChI is InChI=1S/C21H19FN4O3S/c1-29-15-8-6-13(7-9-15)10-18-24-25-21(30-18)23-20(28)14-11-19(27)26(12-14)17-5-3-2-4-16(17)22/h2-9,14H,10-12H2,1H3,(H,23,25,28). The summed E-state index contributed by atoms with van der Waals surface area (Å²) >= 11 is 1.28. The predicted molar refractivity (Wildman–Crippen MR) is 111 cm³/mol. The number of methoxy groups -OCH3 is 1. The monoisotopic (exact) mass is 426 g/mol. The third-order valence-electron chi connectivity index (χ3n) is 4.85. The Hall–Kier alpha value is -3.33. The zero-order valence-corrected chi connectivity index (χ0v) is 17.0. The van der Waals surface area contributed by atoms with E-state index in [0.29, 0.717) is 11.6 Å². The van der Waals surface area contributed by atoms with Crippen molar-refractivity contribution in [3.63, 3.8) is 0 Å². The maximum absolute atomic E-state index is 14.0. The molecule has 0 spiro atoms. The Kier molecular flexibility index (Phi) is 5.71. The minimum atomic E-state index is -0.578. The molecule has 9 heteroatoms. The lowest BCUT2D eigenvalue weighted by atomic mass is 10.1. The van der Waals surface area contributed by atoms with E-state index in [2.05, 4.69) is 15.5 Å². The molecule has 2 aromatic carbocycles. The lowest BCUT2D eigenvalue weighted by Crippen LogP contribution is -2.28. The number of amides is 2. The fourth-order valence-corrected chi connectivity index (χ4v) is 4.06. The van der Waals surface area contributed by atoms with Crippen LogP contribution in [0.4, 0.5) is 15.2 Å². The second-order valence-electron chi connectivity index (χ2n) is 6.87. The smallest absolute Gasteiger partial charge is 0.231 e. The molecule has 7 nitrogen and oxygen atoms in total. The summed E-state index contributed by atoms with van der Waals surface area (Å²) in [5, 5.41) is 12.0. The molecule has 1 saturated heterocycles. The van der Waals surface area contributed by atoms with E-state index in [1.54, 1.807) is 19.2 Å². The minimum absolute atomic E-state index is 0.0255. The molecule has 3 aromatic rings. The number of hydrogen-bond donors (Lipinski definition) is 1. The average molecular weight is 426 g/mol. The van der Waals surface area contributed by atoms with Crippen LogP contribution in [0, 0.1) is 11.7 Å². The molecule has 1 fully saturated rings. The van der Waals surface area contributed by atoms with E-state index in [9.17, 15) is 14.0 Å². The van der Waals surface area contributed by atoms with Gasteiger partial charge in [-0.2, -0.15) is 0 Å². The summed E-state index contributed by atoms with van der Waals surface area (Å²) in [6.07, 6.45) is 0.609. The molecule has 1 aromatic heterocycles. The summed E-state index contributed by atoms with van der Waals surface area (Å²) in [7, 11) is 1.61. The molecule has 1 N–H and O–H groups in total. The van der Waals surface area contributed by atoms with Gasteiger partial charge in [0.05, 0.1) is 18.7 Å². The molecule has 0 aliphatic carbocycles. The van der Waals surface area contributed by atoms with Crippen LogP contribution in [0.2, 0.25) is 0 Å². The van der Waals surface area contributed by atoms with Crippen molar-refractivity contribution in [1.82, 2.24) is 10.2 Å². The van der Waals surface area contributed by atoms with Crippen molar-refractivity contribution < 1.29 is 18.7 Å². The zero-order chi connectivity index (χ0) is 21.1. The van der Waals surface area contributed by atoms with Gasteiger partial charge in [-0.3, -0.25) is 9.59 Å². The van der Waals surface area contributed by atoms with E-state index in [-0.39, 0.29) is 30.5 Å². The Morgan fingerprint density at radius 3 is 2.73 bits per heavy atom. The van der Waals surface area contributed by atoms with Gasteiger partial charge in [0.25, 0.3) is 0 Å². The van der Waals surface area contributed by atoms with Crippen LogP contribution < -0.4 is 15.0 Å². The van der Waals surface area contributed by atoms with E-state index >= 15 is 0 Å². The maximum Gasteiger partial charge on any atom is 0.231 e. The Morgan fingerprint density at radius 1 is 1.23 bits per heavy atom. The quantitative estimate of drug-likeness (QED) is 0.654. The first-order valence-corrected chi connectivity index (χ1v) is 10.2. The summed E-state index contributed by atoms with van der Waals surface area (Å²) in [4.78, 5) is 26.2. The van der Waals surface area contributed by atoms with Gasteiger partial charge in [-0.05, 0) is 29.8 Å². The number of nitrogens with one attached hydrogen (secondary N) is 1. The second-order valence-corrected chi connectivity index (χ2v) is 7.93. The molecule has 0 bridgehead atoms. The van der Waals surface area contributed by atoms with Crippen molar-refractivity contribution >= 4 is 34.0 Å². The van der Waals surface area contributed by atoms with Gasteiger partial charge in [0.1, 0.15) is 16.6 Å². The van der Waals surface area contributed by atoms with Crippen molar-refractivity contribution in [3.05, 3.63) is 64.9 Å². The van der Waals surface area contributed by atoms with Crippen molar-refractivity contribution in [2.45, 2.75) is 12.8 Å². The molecule has 1 aliphatic heterocycles. The van der Waals surface area contributed by atoms with E-state index in [1.165, 1.54) is 28.4 Å². The Balaban J connectivity index is 1.37. The maximum atomic E-state index is 14.0. The van der Waals surface area contributed by atoms with Crippen LogP contribution in [0.5, 0.6) is 5.75 Å². The molecule has 154 valence electrons. The van der Waals surface area contributed by atoms with Gasteiger partial charge in [0.15, 0.2) is 0 Å². The number of ether oxygens (including phenoxy) is 1. The SMILES string of the molecule is COc1ccc(Cc2nnc(NC(=O)C3CC(=O)N(c4ccccc4F)C3)s2)cc1. The van der Waals surface area contributed by atoms with Crippen molar-refractivity contribution in [2.24, 2.45) is 5.92 Å². The molecular formula is C21H19FN4O3S. The molecule has 4 rings (SSSR count). The third kappa shape index (κ3) is 4.30. The number of aromatic nitrogens is 2. The molecule has 1 atom stereocenters. The van der Waals surface area contributed by atoms with Gasteiger partial charge in [-0.15, -0.1) is 10.2 Å². The van der Waals surface area contributed by atoms with Crippen molar-refractivity contribution in [2.75, 3.05) is 23.9 Å². The number of benzene rings is 2. The van der Waals surface area contributed by atoms with Gasteiger partial charge in [-0.1, -0.05) is 35.6 Å². The van der Waals surface area contributed by atoms with Crippen LogP contribution in [0.1, 0.15) is 17.0 Å². The summed E-state index contributed by atoms with van der Waals surface area (Å²) in [6, 6.07) is 13.7. The van der Waals surface area contributed by atoms with Crippen molar-refractivity contribution in [1.29, 1.82) is 0 Å². The summed E-state index contributed by atoms with van der Waals surface area (Å²) in [6.45, 7) is 0.128.